The van der Waals surface area contributed by atoms with Crippen molar-refractivity contribution in [2.75, 3.05) is 6.54 Å². The van der Waals surface area contributed by atoms with Gasteiger partial charge < -0.3 is 5.32 Å². The van der Waals surface area contributed by atoms with Gasteiger partial charge in [-0.2, -0.15) is 0 Å². The largest absolute Gasteiger partial charge is 0.356 e. The lowest BCUT2D eigenvalue weighted by Crippen LogP contribution is -2.27. The number of sulfonamides is 1. The van der Waals surface area contributed by atoms with Crippen LogP contribution in [0.1, 0.15) is 24.8 Å². The number of allylic oxidation sites excluding steroid dienone is 2. The minimum Gasteiger partial charge on any atom is -0.356 e. The maximum absolute atomic E-state index is 11.7. The second-order valence-corrected chi connectivity index (χ2v) is 6.82. The van der Waals surface area contributed by atoms with Crippen LogP contribution in [0, 0.1) is 5.92 Å². The number of benzene rings is 1. The molecule has 0 heterocycles. The molecule has 1 atom stereocenters. The summed E-state index contributed by atoms with van der Waals surface area (Å²) in [6.45, 7) is 0.546. The Morgan fingerprint density at radius 3 is 2.57 bits per heavy atom. The van der Waals surface area contributed by atoms with Gasteiger partial charge in [0.2, 0.25) is 15.9 Å². The van der Waals surface area contributed by atoms with Crippen LogP contribution in [-0.2, 0) is 21.2 Å². The summed E-state index contributed by atoms with van der Waals surface area (Å²) in [5.41, 5.74) is 0.962. The molecule has 0 aliphatic heterocycles. The highest BCUT2D eigenvalue weighted by Crippen LogP contribution is 2.19. The molecule has 114 valence electrons. The third-order valence-corrected chi connectivity index (χ3v) is 4.48. The van der Waals surface area contributed by atoms with Gasteiger partial charge >= 0.3 is 0 Å². The maximum atomic E-state index is 11.7. The normalized spacial score (nSPS) is 17.9. The second kappa shape index (κ2) is 6.87. The Morgan fingerprint density at radius 2 is 2.00 bits per heavy atom. The summed E-state index contributed by atoms with van der Waals surface area (Å²) in [7, 11) is -3.64. The van der Waals surface area contributed by atoms with Crippen molar-refractivity contribution in [1.29, 1.82) is 0 Å². The molecule has 6 heteroatoms. The van der Waals surface area contributed by atoms with Gasteiger partial charge in [0.1, 0.15) is 0 Å². The molecule has 5 nitrogen and oxygen atoms in total. The van der Waals surface area contributed by atoms with Crippen molar-refractivity contribution in [1.82, 2.24) is 5.32 Å². The Hall–Kier alpha value is -1.66. The molecule has 21 heavy (non-hydrogen) atoms. The first kappa shape index (κ1) is 15.7. The molecule has 0 saturated heterocycles. The summed E-state index contributed by atoms with van der Waals surface area (Å²) >= 11 is 0. The predicted octanol–water partition coefficient (Wildman–Crippen LogP) is 1.35. The number of rotatable bonds is 6. The first-order chi connectivity index (χ1) is 9.95. The van der Waals surface area contributed by atoms with E-state index in [1.807, 2.05) is 0 Å². The van der Waals surface area contributed by atoms with Gasteiger partial charge in [0.25, 0.3) is 0 Å². The predicted molar refractivity (Wildman–Crippen MR) is 81.0 cm³/mol. The molecule has 1 amide bonds. The Balaban J connectivity index is 1.75. The van der Waals surface area contributed by atoms with Crippen molar-refractivity contribution in [2.24, 2.45) is 11.1 Å². The summed E-state index contributed by atoms with van der Waals surface area (Å²) < 4.78 is 22.3. The van der Waals surface area contributed by atoms with Crippen LogP contribution < -0.4 is 10.5 Å². The number of nitrogens with one attached hydrogen (secondary N) is 1. The van der Waals surface area contributed by atoms with Gasteiger partial charge in [-0.25, -0.2) is 13.6 Å². The van der Waals surface area contributed by atoms with Crippen molar-refractivity contribution in [3.8, 4) is 0 Å². The molecule has 1 aromatic rings. The standard InChI is InChI=1S/C15H20N2O3S/c16-21(19,20)14-7-5-12(6-8-14)9-10-17-15(18)11-13-3-1-2-4-13/h1,3,5-8,13H,2,4,9-11H2,(H,17,18)(H2,16,19,20)/t13-/m0/s1. The van der Waals surface area contributed by atoms with Crippen LogP contribution >= 0.6 is 0 Å². The summed E-state index contributed by atoms with van der Waals surface area (Å²) in [5, 5.41) is 7.92. The van der Waals surface area contributed by atoms with E-state index in [9.17, 15) is 13.2 Å². The molecule has 0 saturated carbocycles. The fourth-order valence-electron chi connectivity index (χ4n) is 2.37. The lowest BCUT2D eigenvalue weighted by Gasteiger charge is -2.09. The average molecular weight is 308 g/mol. The molecule has 0 spiro atoms. The van der Waals surface area contributed by atoms with Crippen molar-refractivity contribution < 1.29 is 13.2 Å². The third kappa shape index (κ3) is 4.99. The molecular weight excluding hydrogens is 288 g/mol. The quantitative estimate of drug-likeness (QED) is 0.777. The average Bonchev–Trinajstić information content (AvgIpc) is 2.91. The van der Waals surface area contributed by atoms with Gasteiger partial charge in [0.15, 0.2) is 0 Å². The Labute approximate surface area is 125 Å². The zero-order valence-electron chi connectivity index (χ0n) is 11.8. The van der Waals surface area contributed by atoms with Gasteiger partial charge in [0.05, 0.1) is 4.90 Å². The Morgan fingerprint density at radius 1 is 1.29 bits per heavy atom. The Bertz CT molecular complexity index is 621. The second-order valence-electron chi connectivity index (χ2n) is 5.26. The number of primary sulfonamides is 1. The number of carbonyl (C=O) groups is 1. The van der Waals surface area contributed by atoms with Crippen molar-refractivity contribution in [3.63, 3.8) is 0 Å². The summed E-state index contributed by atoms with van der Waals surface area (Å²) in [6, 6.07) is 6.39. The van der Waals surface area contributed by atoms with E-state index in [2.05, 4.69) is 17.5 Å². The first-order valence-corrected chi connectivity index (χ1v) is 8.55. The van der Waals surface area contributed by atoms with Crippen molar-refractivity contribution in [2.45, 2.75) is 30.6 Å². The number of nitrogens with two attached hydrogens (primary N) is 1. The SMILES string of the molecule is NS(=O)(=O)c1ccc(CCNC(=O)C[C@H]2C=CCC2)cc1. The van der Waals surface area contributed by atoms with E-state index in [0.717, 1.165) is 18.4 Å². The van der Waals surface area contributed by atoms with E-state index in [1.54, 1.807) is 12.1 Å². The molecule has 0 unspecified atom stereocenters. The van der Waals surface area contributed by atoms with E-state index in [-0.39, 0.29) is 10.8 Å². The summed E-state index contributed by atoms with van der Waals surface area (Å²) in [5.74, 6) is 0.437. The molecule has 1 aliphatic carbocycles. The summed E-state index contributed by atoms with van der Waals surface area (Å²) in [6.07, 6.45) is 7.55. The molecular formula is C15H20N2O3S. The molecule has 0 fully saturated rings. The molecule has 0 bridgehead atoms. The van der Waals surface area contributed by atoms with E-state index >= 15 is 0 Å². The van der Waals surface area contributed by atoms with Gasteiger partial charge in [-0.3, -0.25) is 4.79 Å². The highest BCUT2D eigenvalue weighted by Gasteiger charge is 2.13. The van der Waals surface area contributed by atoms with Crippen LogP contribution in [-0.4, -0.2) is 20.9 Å². The van der Waals surface area contributed by atoms with E-state index < -0.39 is 10.0 Å². The van der Waals surface area contributed by atoms with E-state index in [1.165, 1.54) is 12.1 Å². The monoisotopic (exact) mass is 308 g/mol. The highest BCUT2D eigenvalue weighted by atomic mass is 32.2. The van der Waals surface area contributed by atoms with Gasteiger partial charge in [-0.05, 0) is 42.9 Å². The first-order valence-electron chi connectivity index (χ1n) is 7.00. The number of hydrogen-bond donors (Lipinski definition) is 2. The van der Waals surface area contributed by atoms with Gasteiger partial charge in [-0.1, -0.05) is 24.3 Å². The lowest BCUT2D eigenvalue weighted by atomic mass is 10.1. The highest BCUT2D eigenvalue weighted by molar-refractivity contribution is 7.89. The smallest absolute Gasteiger partial charge is 0.238 e. The van der Waals surface area contributed by atoms with Gasteiger partial charge in [0, 0.05) is 13.0 Å². The molecule has 0 radical (unpaired) electrons. The van der Waals surface area contributed by atoms with Crippen LogP contribution in [0.3, 0.4) is 0 Å². The van der Waals surface area contributed by atoms with Crippen LogP contribution in [0.4, 0.5) is 0 Å². The maximum Gasteiger partial charge on any atom is 0.238 e. The van der Waals surface area contributed by atoms with Crippen molar-refractivity contribution >= 4 is 15.9 Å². The van der Waals surface area contributed by atoms with Crippen LogP contribution in [0.15, 0.2) is 41.3 Å². The zero-order valence-corrected chi connectivity index (χ0v) is 12.6. The molecule has 1 aliphatic rings. The minimum atomic E-state index is -3.64. The fourth-order valence-corrected chi connectivity index (χ4v) is 2.88. The van der Waals surface area contributed by atoms with E-state index in [4.69, 9.17) is 5.14 Å². The fraction of sp³-hybridized carbons (Fsp3) is 0.400. The molecule has 2 rings (SSSR count). The lowest BCUT2D eigenvalue weighted by molar-refractivity contribution is -0.121. The van der Waals surface area contributed by atoms with Crippen molar-refractivity contribution in [3.05, 3.63) is 42.0 Å². The zero-order chi connectivity index (χ0) is 15.3. The van der Waals surface area contributed by atoms with Gasteiger partial charge in [-0.15, -0.1) is 0 Å². The molecule has 1 aromatic carbocycles. The summed E-state index contributed by atoms with van der Waals surface area (Å²) in [4.78, 5) is 11.8. The number of carbonyl (C=O) groups excluding carboxylic acids is 1. The minimum absolute atomic E-state index is 0.0627. The van der Waals surface area contributed by atoms with Crippen LogP contribution in [0.25, 0.3) is 0 Å². The topological polar surface area (TPSA) is 89.3 Å². The molecule has 3 N–H and O–H groups in total. The third-order valence-electron chi connectivity index (χ3n) is 3.55. The van der Waals surface area contributed by atoms with E-state index in [0.29, 0.717) is 25.3 Å². The number of hydrogen-bond acceptors (Lipinski definition) is 3. The molecule has 0 aromatic heterocycles. The number of amides is 1. The Kier molecular flexibility index (Phi) is 5.14. The van der Waals surface area contributed by atoms with Crippen LogP contribution in [0.5, 0.6) is 0 Å². The van der Waals surface area contributed by atoms with Crippen LogP contribution in [0.2, 0.25) is 0 Å².